The number of ether oxygens (including phenoxy) is 1. The first-order chi connectivity index (χ1) is 19.5. The molecule has 0 amide bonds. The smallest absolute Gasteiger partial charge is 0.303 e. The van der Waals surface area contributed by atoms with Crippen LogP contribution in [0.15, 0.2) is 42.5 Å². The van der Waals surface area contributed by atoms with Crippen LogP contribution in [-0.4, -0.2) is 39.6 Å². The summed E-state index contributed by atoms with van der Waals surface area (Å²) in [5.74, 6) is -0.218. The fourth-order valence-electron chi connectivity index (χ4n) is 5.72. The lowest BCUT2D eigenvalue weighted by Crippen LogP contribution is -2.26. The van der Waals surface area contributed by atoms with Gasteiger partial charge < -0.3 is 20.1 Å². The Morgan fingerprint density at radius 3 is 2.10 bits per heavy atom. The minimum atomic E-state index is -0.921. The zero-order chi connectivity index (χ0) is 30.5. The average molecular weight is 567 g/mol. The van der Waals surface area contributed by atoms with Crippen molar-refractivity contribution in [1.29, 1.82) is 0 Å². The third-order valence-corrected chi connectivity index (χ3v) is 8.78. The zero-order valence-electron chi connectivity index (χ0n) is 26.3. The van der Waals surface area contributed by atoms with E-state index in [-0.39, 0.29) is 24.9 Å². The minimum Gasteiger partial charge on any atom is -0.491 e. The summed E-state index contributed by atoms with van der Waals surface area (Å²) < 4.78 is 5.84. The van der Waals surface area contributed by atoms with Gasteiger partial charge in [0.15, 0.2) is 0 Å². The molecule has 2 aromatic rings. The fraction of sp³-hybridized carbons (Fsp3) is 0.583. The molecule has 0 heterocycles. The van der Waals surface area contributed by atoms with E-state index in [9.17, 15) is 15.0 Å². The number of aryl methyl sites for hydroxylation is 2. The van der Waals surface area contributed by atoms with E-state index >= 15 is 0 Å². The first-order valence-corrected chi connectivity index (χ1v) is 15.7. The molecule has 228 valence electrons. The molecule has 5 heteroatoms. The molecule has 0 spiro atoms. The second kappa shape index (κ2) is 16.7. The molecule has 5 nitrogen and oxygen atoms in total. The van der Waals surface area contributed by atoms with Gasteiger partial charge in [-0.25, -0.2) is 0 Å². The van der Waals surface area contributed by atoms with Crippen molar-refractivity contribution >= 4 is 12.0 Å². The largest absolute Gasteiger partial charge is 0.491 e. The molecule has 41 heavy (non-hydrogen) atoms. The maximum atomic E-state index is 11.2. The molecule has 0 aliphatic heterocycles. The summed E-state index contributed by atoms with van der Waals surface area (Å²) in [4.78, 5) is 10.8. The maximum Gasteiger partial charge on any atom is 0.303 e. The topological polar surface area (TPSA) is 87.0 Å². The normalized spacial score (nSPS) is 14.2. The molecular weight excluding hydrogens is 512 g/mol. The van der Waals surface area contributed by atoms with E-state index in [0.717, 1.165) is 36.8 Å². The number of hydrogen-bond acceptors (Lipinski definition) is 4. The quantitative estimate of drug-likeness (QED) is 0.148. The number of aliphatic hydroxyl groups excluding tert-OH is 1. The molecule has 2 rings (SSSR count). The second-order valence-corrected chi connectivity index (χ2v) is 11.7. The Morgan fingerprint density at radius 1 is 0.902 bits per heavy atom. The van der Waals surface area contributed by atoms with E-state index in [4.69, 9.17) is 9.84 Å². The Kier molecular flexibility index (Phi) is 14.1. The van der Waals surface area contributed by atoms with Crippen molar-refractivity contribution in [1.82, 2.24) is 0 Å². The number of unbranched alkanes of at least 4 members (excludes halogenated alkanes) is 4. The summed E-state index contributed by atoms with van der Waals surface area (Å²) in [7, 11) is 0. The number of benzene rings is 2. The molecule has 3 N–H and O–H groups in total. The first-order valence-electron chi connectivity index (χ1n) is 15.7. The van der Waals surface area contributed by atoms with Crippen molar-refractivity contribution in [3.8, 4) is 5.75 Å². The molecule has 2 aromatic carbocycles. The molecule has 0 aliphatic rings. The van der Waals surface area contributed by atoms with Crippen LogP contribution in [-0.2, 0) is 10.2 Å². The predicted molar refractivity (Wildman–Crippen MR) is 170 cm³/mol. The Balaban J connectivity index is 2.22. The van der Waals surface area contributed by atoms with Gasteiger partial charge in [-0.1, -0.05) is 102 Å². The first kappa shape index (κ1) is 34.6. The number of hydrogen-bond donors (Lipinski definition) is 3. The third kappa shape index (κ3) is 10.0. The highest BCUT2D eigenvalue weighted by molar-refractivity contribution is 5.66. The van der Waals surface area contributed by atoms with Gasteiger partial charge in [0.25, 0.3) is 0 Å². The van der Waals surface area contributed by atoms with Gasteiger partial charge in [0.2, 0.25) is 0 Å². The van der Waals surface area contributed by atoms with E-state index in [0.29, 0.717) is 12.2 Å². The SMILES string of the molecule is CCCCCCCC(O)(/C=C/c1ccc(C(CC)(CC)c2ccc(OC[C@@H](O)CCC(=O)O)c(C)c2)cc1C)CC. The van der Waals surface area contributed by atoms with Crippen LogP contribution in [0.3, 0.4) is 0 Å². The monoisotopic (exact) mass is 566 g/mol. The van der Waals surface area contributed by atoms with Gasteiger partial charge in [0.1, 0.15) is 12.4 Å². The van der Waals surface area contributed by atoms with E-state index in [1.54, 1.807) is 0 Å². The molecular formula is C36H54O5. The summed E-state index contributed by atoms with van der Waals surface area (Å²) in [5.41, 5.74) is 4.90. The van der Waals surface area contributed by atoms with Crippen LogP contribution >= 0.6 is 0 Å². The third-order valence-electron chi connectivity index (χ3n) is 8.78. The van der Waals surface area contributed by atoms with Crippen LogP contribution < -0.4 is 4.74 Å². The molecule has 0 aliphatic carbocycles. The standard InChI is InChI=1S/C36H54O5/c1-7-11-12-13-14-22-35(40,8-2)23-21-29-15-16-30(24-27(29)5)36(9-3,10-4)31-17-19-33(28(6)25-31)41-26-32(37)18-20-34(38)39/h15-17,19,21,23-25,32,37,40H,7-14,18,20,22,26H2,1-6H3,(H,38,39)/b23-21+/t32-,35?/m0/s1. The number of aliphatic hydroxyl groups is 2. The second-order valence-electron chi connectivity index (χ2n) is 11.7. The van der Waals surface area contributed by atoms with Crippen molar-refractivity contribution < 1.29 is 24.9 Å². The predicted octanol–water partition coefficient (Wildman–Crippen LogP) is 8.53. The van der Waals surface area contributed by atoms with Crippen LogP contribution in [0.4, 0.5) is 0 Å². The van der Waals surface area contributed by atoms with E-state index in [1.807, 2.05) is 19.1 Å². The molecule has 0 saturated carbocycles. The molecule has 0 radical (unpaired) electrons. The number of carboxylic acids is 1. The minimum absolute atomic E-state index is 0.0698. The van der Waals surface area contributed by atoms with E-state index in [2.05, 4.69) is 71.0 Å². The summed E-state index contributed by atoms with van der Waals surface area (Å²) in [6, 6.07) is 13.0. The number of aliphatic carboxylic acids is 1. The van der Waals surface area contributed by atoms with Crippen molar-refractivity contribution in [3.63, 3.8) is 0 Å². The van der Waals surface area contributed by atoms with Crippen molar-refractivity contribution in [2.24, 2.45) is 0 Å². The van der Waals surface area contributed by atoms with Gasteiger partial charge in [0, 0.05) is 11.8 Å². The lowest BCUT2D eigenvalue weighted by molar-refractivity contribution is -0.137. The maximum absolute atomic E-state index is 11.2. The Bertz CT molecular complexity index is 1120. The number of carboxylic acid groups (broad SMARTS) is 1. The molecule has 0 fully saturated rings. The van der Waals surface area contributed by atoms with Crippen LogP contribution in [0.5, 0.6) is 5.75 Å². The molecule has 0 aromatic heterocycles. The highest BCUT2D eigenvalue weighted by Gasteiger charge is 2.31. The molecule has 2 atom stereocenters. The van der Waals surface area contributed by atoms with Gasteiger partial charge in [0.05, 0.1) is 11.7 Å². The van der Waals surface area contributed by atoms with Crippen molar-refractivity contribution in [2.75, 3.05) is 6.61 Å². The van der Waals surface area contributed by atoms with Gasteiger partial charge in [-0.05, 0) is 79.8 Å². The fourth-order valence-corrected chi connectivity index (χ4v) is 5.72. The Morgan fingerprint density at radius 2 is 1.54 bits per heavy atom. The Hall–Kier alpha value is -2.63. The van der Waals surface area contributed by atoms with Crippen LogP contribution in [0, 0.1) is 13.8 Å². The van der Waals surface area contributed by atoms with Crippen LogP contribution in [0.1, 0.15) is 126 Å². The van der Waals surface area contributed by atoms with Crippen LogP contribution in [0.2, 0.25) is 0 Å². The Labute approximate surface area is 248 Å². The van der Waals surface area contributed by atoms with Gasteiger partial charge in [-0.15, -0.1) is 0 Å². The molecule has 0 saturated heterocycles. The average Bonchev–Trinajstić information content (AvgIpc) is 2.96. The number of carbonyl (C=O) groups is 1. The summed E-state index contributed by atoms with van der Waals surface area (Å²) in [5, 5.41) is 30.1. The van der Waals surface area contributed by atoms with E-state index in [1.165, 1.54) is 42.4 Å². The zero-order valence-corrected chi connectivity index (χ0v) is 26.3. The highest BCUT2D eigenvalue weighted by Crippen LogP contribution is 2.41. The lowest BCUT2D eigenvalue weighted by Gasteiger charge is -2.34. The number of rotatable bonds is 19. The summed E-state index contributed by atoms with van der Waals surface area (Å²) in [6.07, 6.45) is 12.7. The molecule has 0 bridgehead atoms. The van der Waals surface area contributed by atoms with Crippen LogP contribution in [0.25, 0.3) is 6.08 Å². The van der Waals surface area contributed by atoms with Gasteiger partial charge in [-0.2, -0.15) is 0 Å². The summed E-state index contributed by atoms with van der Waals surface area (Å²) >= 11 is 0. The van der Waals surface area contributed by atoms with Gasteiger partial charge in [-0.3, -0.25) is 4.79 Å². The van der Waals surface area contributed by atoms with Gasteiger partial charge >= 0.3 is 5.97 Å². The molecule has 1 unspecified atom stereocenters. The highest BCUT2D eigenvalue weighted by atomic mass is 16.5. The lowest BCUT2D eigenvalue weighted by atomic mass is 9.70. The van der Waals surface area contributed by atoms with Crippen molar-refractivity contribution in [2.45, 2.75) is 129 Å². The summed E-state index contributed by atoms with van der Waals surface area (Å²) in [6.45, 7) is 13.0. The van der Waals surface area contributed by atoms with Crippen molar-refractivity contribution in [3.05, 3.63) is 70.3 Å². The van der Waals surface area contributed by atoms with E-state index < -0.39 is 17.7 Å².